The van der Waals surface area contributed by atoms with Crippen molar-refractivity contribution in [2.24, 2.45) is 4.99 Å². The highest BCUT2D eigenvalue weighted by molar-refractivity contribution is 5.79. The van der Waals surface area contributed by atoms with Crippen LogP contribution >= 0.6 is 0 Å². The minimum Gasteiger partial charge on any atom is -0.467 e. The second-order valence-electron chi connectivity index (χ2n) is 6.61. The van der Waals surface area contributed by atoms with Crippen LogP contribution < -0.4 is 10.6 Å². The number of benzene rings is 1. The number of aliphatic imine (C=N–C) groups is 1. The minimum absolute atomic E-state index is 0.156. The van der Waals surface area contributed by atoms with Gasteiger partial charge in [0.15, 0.2) is 5.96 Å². The molecule has 134 valence electrons. The maximum absolute atomic E-state index is 10.2. The van der Waals surface area contributed by atoms with Crippen LogP contribution in [0.1, 0.15) is 43.6 Å². The van der Waals surface area contributed by atoms with Gasteiger partial charge in [-0.05, 0) is 37.5 Å². The summed E-state index contributed by atoms with van der Waals surface area (Å²) >= 11 is 0. The van der Waals surface area contributed by atoms with Crippen LogP contribution in [0.2, 0.25) is 0 Å². The van der Waals surface area contributed by atoms with Crippen LogP contribution in [-0.2, 0) is 5.41 Å². The van der Waals surface area contributed by atoms with Crippen LogP contribution in [0.15, 0.2) is 58.1 Å². The number of nitrogens with zero attached hydrogens (tertiary/aromatic N) is 1. The molecule has 1 saturated carbocycles. The summed E-state index contributed by atoms with van der Waals surface area (Å²) in [5.41, 5.74) is 1.53. The Morgan fingerprint density at radius 1 is 1.20 bits per heavy atom. The van der Waals surface area contributed by atoms with E-state index in [0.717, 1.165) is 19.0 Å². The van der Waals surface area contributed by atoms with Crippen molar-refractivity contribution in [1.29, 1.82) is 0 Å². The van der Waals surface area contributed by atoms with Gasteiger partial charge in [0, 0.05) is 12.0 Å². The SMILES string of the molecule is CCNC(=NCC1(c2ccccc2)CCC1)NCC(O)c1ccco1. The number of furan rings is 1. The monoisotopic (exact) mass is 341 g/mol. The molecule has 1 aromatic heterocycles. The summed E-state index contributed by atoms with van der Waals surface area (Å²) in [5.74, 6) is 1.29. The molecule has 0 spiro atoms. The molecule has 5 heteroatoms. The van der Waals surface area contributed by atoms with E-state index in [0.29, 0.717) is 12.3 Å². The van der Waals surface area contributed by atoms with E-state index in [4.69, 9.17) is 9.41 Å². The van der Waals surface area contributed by atoms with Gasteiger partial charge in [-0.2, -0.15) is 0 Å². The number of nitrogens with one attached hydrogen (secondary N) is 2. The third-order valence-corrected chi connectivity index (χ3v) is 4.92. The molecule has 1 unspecified atom stereocenters. The van der Waals surface area contributed by atoms with Crippen LogP contribution in [0.25, 0.3) is 0 Å². The lowest BCUT2D eigenvalue weighted by atomic mass is 9.64. The van der Waals surface area contributed by atoms with Gasteiger partial charge in [-0.15, -0.1) is 0 Å². The standard InChI is InChI=1S/C20H27N3O2/c1-2-21-19(22-14-17(24)18-10-6-13-25-18)23-15-20(11-7-12-20)16-8-4-3-5-9-16/h3-6,8-10,13,17,24H,2,7,11-12,14-15H2,1H3,(H2,21,22,23). The Morgan fingerprint density at radius 3 is 2.60 bits per heavy atom. The predicted octanol–water partition coefficient (Wildman–Crippen LogP) is 2.99. The molecule has 0 aliphatic heterocycles. The summed E-state index contributed by atoms with van der Waals surface area (Å²) in [6, 6.07) is 14.2. The Hall–Kier alpha value is -2.27. The smallest absolute Gasteiger partial charge is 0.191 e. The first kappa shape index (κ1) is 17.5. The van der Waals surface area contributed by atoms with Crippen molar-refractivity contribution in [2.75, 3.05) is 19.6 Å². The molecule has 1 aliphatic carbocycles. The molecule has 3 rings (SSSR count). The number of aliphatic hydroxyl groups excluding tert-OH is 1. The van der Waals surface area contributed by atoms with Gasteiger partial charge in [0.1, 0.15) is 11.9 Å². The molecule has 1 aromatic carbocycles. The molecule has 2 aromatic rings. The van der Waals surface area contributed by atoms with Crippen molar-refractivity contribution in [2.45, 2.75) is 37.7 Å². The van der Waals surface area contributed by atoms with Crippen LogP contribution in [0.5, 0.6) is 0 Å². The molecule has 1 aliphatic rings. The third kappa shape index (κ3) is 4.23. The van der Waals surface area contributed by atoms with Gasteiger partial charge in [0.25, 0.3) is 0 Å². The van der Waals surface area contributed by atoms with E-state index in [1.807, 2.05) is 6.92 Å². The number of rotatable bonds is 7. The highest BCUT2D eigenvalue weighted by Crippen LogP contribution is 2.43. The van der Waals surface area contributed by atoms with Crippen molar-refractivity contribution >= 4 is 5.96 Å². The van der Waals surface area contributed by atoms with Gasteiger partial charge < -0.3 is 20.2 Å². The van der Waals surface area contributed by atoms with Crippen molar-refractivity contribution < 1.29 is 9.52 Å². The molecular formula is C20H27N3O2. The Kier molecular flexibility index (Phi) is 5.76. The van der Waals surface area contributed by atoms with E-state index >= 15 is 0 Å². The summed E-state index contributed by atoms with van der Waals surface area (Å²) in [6.45, 7) is 3.93. The van der Waals surface area contributed by atoms with Gasteiger partial charge >= 0.3 is 0 Å². The quantitative estimate of drug-likeness (QED) is 0.535. The normalized spacial score (nSPS) is 17.6. The fourth-order valence-electron chi connectivity index (χ4n) is 3.28. The predicted molar refractivity (Wildman–Crippen MR) is 99.6 cm³/mol. The first-order valence-electron chi connectivity index (χ1n) is 9.03. The molecule has 3 N–H and O–H groups in total. The summed E-state index contributed by atoms with van der Waals surface area (Å²) < 4.78 is 5.24. The van der Waals surface area contributed by atoms with E-state index in [1.54, 1.807) is 18.4 Å². The van der Waals surface area contributed by atoms with Crippen LogP contribution in [0.4, 0.5) is 0 Å². The molecule has 25 heavy (non-hydrogen) atoms. The molecular weight excluding hydrogens is 314 g/mol. The zero-order valence-corrected chi connectivity index (χ0v) is 14.7. The summed E-state index contributed by atoms with van der Waals surface area (Å²) in [7, 11) is 0. The fraction of sp³-hybridized carbons (Fsp3) is 0.450. The molecule has 0 amide bonds. The van der Waals surface area contributed by atoms with Gasteiger partial charge in [0.2, 0.25) is 0 Å². The zero-order chi connectivity index (χ0) is 17.5. The topological polar surface area (TPSA) is 69.8 Å². The highest BCUT2D eigenvalue weighted by atomic mass is 16.4. The molecule has 5 nitrogen and oxygen atoms in total. The van der Waals surface area contributed by atoms with E-state index in [9.17, 15) is 5.11 Å². The first-order chi connectivity index (χ1) is 12.2. The van der Waals surface area contributed by atoms with Crippen LogP contribution in [0, 0.1) is 0 Å². The fourth-order valence-corrected chi connectivity index (χ4v) is 3.28. The maximum Gasteiger partial charge on any atom is 0.191 e. The number of hydrogen-bond donors (Lipinski definition) is 3. The third-order valence-electron chi connectivity index (χ3n) is 4.92. The average Bonchev–Trinajstić information content (AvgIpc) is 3.14. The summed E-state index contributed by atoms with van der Waals surface area (Å²) in [5, 5.41) is 16.6. The number of hydrogen-bond acceptors (Lipinski definition) is 3. The van der Waals surface area contributed by atoms with E-state index in [1.165, 1.54) is 24.8 Å². The Bertz CT molecular complexity index is 664. The molecule has 0 radical (unpaired) electrons. The van der Waals surface area contributed by atoms with Gasteiger partial charge in [-0.3, -0.25) is 4.99 Å². The van der Waals surface area contributed by atoms with Crippen molar-refractivity contribution in [1.82, 2.24) is 10.6 Å². The van der Waals surface area contributed by atoms with Gasteiger partial charge in [-0.1, -0.05) is 36.8 Å². The Labute approximate surface area is 149 Å². The maximum atomic E-state index is 10.2. The molecule has 0 bridgehead atoms. The Morgan fingerprint density at radius 2 is 2.00 bits per heavy atom. The second-order valence-corrected chi connectivity index (χ2v) is 6.61. The molecule has 0 saturated heterocycles. The second kappa shape index (κ2) is 8.21. The van der Waals surface area contributed by atoms with Crippen LogP contribution in [0.3, 0.4) is 0 Å². The largest absolute Gasteiger partial charge is 0.467 e. The van der Waals surface area contributed by atoms with Crippen molar-refractivity contribution in [3.63, 3.8) is 0 Å². The first-order valence-corrected chi connectivity index (χ1v) is 9.03. The lowest BCUT2D eigenvalue weighted by Gasteiger charge is -2.41. The van der Waals surface area contributed by atoms with E-state index < -0.39 is 6.10 Å². The van der Waals surface area contributed by atoms with Crippen molar-refractivity contribution in [3.8, 4) is 0 Å². The van der Waals surface area contributed by atoms with Gasteiger partial charge in [-0.25, -0.2) is 0 Å². The van der Waals surface area contributed by atoms with E-state index in [-0.39, 0.29) is 5.41 Å². The number of guanidine groups is 1. The van der Waals surface area contributed by atoms with E-state index in [2.05, 4.69) is 41.0 Å². The lowest BCUT2D eigenvalue weighted by molar-refractivity contribution is 0.152. The summed E-state index contributed by atoms with van der Waals surface area (Å²) in [4.78, 5) is 4.79. The zero-order valence-electron chi connectivity index (χ0n) is 14.7. The Balaban J connectivity index is 1.63. The summed E-state index contributed by atoms with van der Waals surface area (Å²) in [6.07, 6.45) is 4.48. The molecule has 1 fully saturated rings. The lowest BCUT2D eigenvalue weighted by Crippen LogP contribution is -2.42. The molecule has 1 atom stereocenters. The molecule has 1 heterocycles. The van der Waals surface area contributed by atoms with Crippen LogP contribution in [-0.4, -0.2) is 30.7 Å². The number of aliphatic hydroxyl groups is 1. The van der Waals surface area contributed by atoms with Gasteiger partial charge in [0.05, 0.1) is 19.4 Å². The average molecular weight is 341 g/mol. The minimum atomic E-state index is -0.689. The van der Waals surface area contributed by atoms with Crippen molar-refractivity contribution in [3.05, 3.63) is 60.1 Å². The highest BCUT2D eigenvalue weighted by Gasteiger charge is 2.38.